The molecule has 0 amide bonds. The van der Waals surface area contributed by atoms with E-state index in [9.17, 15) is 9.59 Å². The lowest BCUT2D eigenvalue weighted by atomic mass is 9.88. The zero-order valence-corrected chi connectivity index (χ0v) is 24.5. The van der Waals surface area contributed by atoms with Gasteiger partial charge in [0, 0.05) is 38.9 Å². The maximum atomic E-state index is 13.9. The Labute approximate surface area is 244 Å². The van der Waals surface area contributed by atoms with Crippen LogP contribution in [0.4, 0.5) is 0 Å². The summed E-state index contributed by atoms with van der Waals surface area (Å²) in [5.74, 6) is 0.450. The Morgan fingerprint density at radius 2 is 1.80 bits per heavy atom. The van der Waals surface area contributed by atoms with Crippen molar-refractivity contribution in [2.75, 3.05) is 34.0 Å². The summed E-state index contributed by atoms with van der Waals surface area (Å²) in [5.41, 5.74) is 9.11. The minimum atomic E-state index is -0.569. The van der Waals surface area contributed by atoms with Crippen LogP contribution >= 0.6 is 11.3 Å². The minimum Gasteiger partial charge on any atom is -0.494 e. The van der Waals surface area contributed by atoms with Crippen LogP contribution in [-0.4, -0.2) is 55.6 Å². The number of carbonyl (C=O) groups is 2. The van der Waals surface area contributed by atoms with Crippen LogP contribution in [0.25, 0.3) is 21.3 Å². The van der Waals surface area contributed by atoms with Crippen LogP contribution in [0, 0.1) is 12.8 Å². The summed E-state index contributed by atoms with van der Waals surface area (Å²) in [5, 5.41) is 12.2. The number of Topliss-reactive ketones (excluding diaryl/α,β-unsaturated/α-hetero) is 2. The summed E-state index contributed by atoms with van der Waals surface area (Å²) < 4.78 is 17.7. The van der Waals surface area contributed by atoms with Gasteiger partial charge in [0.2, 0.25) is 0 Å². The number of aliphatic hydroxyl groups excluding tert-OH is 1. The molecule has 8 nitrogen and oxygen atoms in total. The Bertz CT molecular complexity index is 1520. The smallest absolute Gasteiger partial charge is 0.184 e. The fourth-order valence-corrected chi connectivity index (χ4v) is 5.89. The van der Waals surface area contributed by atoms with E-state index in [0.29, 0.717) is 47.2 Å². The number of carbonyl (C=O) groups excluding carboxylic acids is 2. The van der Waals surface area contributed by atoms with Gasteiger partial charge in [-0.1, -0.05) is 24.6 Å². The zero-order chi connectivity index (χ0) is 29.4. The number of methoxy groups -OCH3 is 2. The van der Waals surface area contributed by atoms with Gasteiger partial charge in [-0.25, -0.2) is 4.98 Å². The molecule has 216 valence electrons. The van der Waals surface area contributed by atoms with E-state index >= 15 is 0 Å². The first kappa shape index (κ1) is 30.2. The molecule has 2 aromatic heterocycles. The molecule has 0 saturated heterocycles. The van der Waals surface area contributed by atoms with E-state index in [2.05, 4.69) is 13.0 Å². The molecule has 0 aliphatic heterocycles. The van der Waals surface area contributed by atoms with Crippen molar-refractivity contribution in [2.24, 2.45) is 11.7 Å². The summed E-state index contributed by atoms with van der Waals surface area (Å²) in [6.45, 7) is 2.55. The van der Waals surface area contributed by atoms with Crippen LogP contribution in [0.5, 0.6) is 17.2 Å². The molecule has 2 heterocycles. The highest BCUT2D eigenvalue weighted by Gasteiger charge is 2.26. The van der Waals surface area contributed by atoms with Crippen LogP contribution in [0.1, 0.15) is 52.1 Å². The third-order valence-corrected chi connectivity index (χ3v) is 8.16. The lowest BCUT2D eigenvalue weighted by Crippen LogP contribution is -2.21. The zero-order valence-electron chi connectivity index (χ0n) is 23.6. The lowest BCUT2D eigenvalue weighted by Gasteiger charge is -2.17. The predicted octanol–water partition coefficient (Wildman–Crippen LogP) is 5.86. The van der Waals surface area contributed by atoms with E-state index in [1.54, 1.807) is 48.8 Å². The quantitative estimate of drug-likeness (QED) is 0.133. The highest BCUT2D eigenvalue weighted by Crippen LogP contribution is 2.39. The van der Waals surface area contributed by atoms with Gasteiger partial charge in [0.25, 0.3) is 0 Å². The van der Waals surface area contributed by atoms with Crippen LogP contribution in [0.15, 0.2) is 53.9 Å². The number of ketones is 2. The number of hydrogen-bond acceptors (Lipinski definition) is 9. The summed E-state index contributed by atoms with van der Waals surface area (Å²) in [7, 11) is 3.07. The van der Waals surface area contributed by atoms with Crippen molar-refractivity contribution in [3.8, 4) is 28.5 Å². The maximum Gasteiger partial charge on any atom is 0.184 e. The number of thiophene rings is 1. The Kier molecular flexibility index (Phi) is 10.5. The molecular formula is C32H36N2O6S. The third kappa shape index (κ3) is 6.93. The van der Waals surface area contributed by atoms with E-state index in [4.69, 9.17) is 30.0 Å². The fourth-order valence-electron chi connectivity index (χ4n) is 4.85. The Morgan fingerprint density at radius 1 is 1.02 bits per heavy atom. The first-order valence-electron chi connectivity index (χ1n) is 13.6. The molecule has 0 aliphatic carbocycles. The molecule has 41 heavy (non-hydrogen) atoms. The second-order valence-corrected chi connectivity index (χ2v) is 10.6. The molecule has 4 aromatic rings. The van der Waals surface area contributed by atoms with E-state index in [1.165, 1.54) is 12.7 Å². The van der Waals surface area contributed by atoms with Crippen molar-refractivity contribution in [2.45, 2.75) is 32.6 Å². The Balaban J connectivity index is 1.64. The summed E-state index contributed by atoms with van der Waals surface area (Å²) in [4.78, 5) is 32.1. The topological polar surface area (TPSA) is 121 Å². The Morgan fingerprint density at radius 3 is 2.54 bits per heavy atom. The van der Waals surface area contributed by atoms with Crippen molar-refractivity contribution >= 4 is 33.0 Å². The molecule has 4 rings (SSSR count). The number of benzene rings is 2. The molecule has 9 heteroatoms. The maximum absolute atomic E-state index is 13.9. The highest BCUT2D eigenvalue weighted by molar-refractivity contribution is 7.18. The average molecular weight is 577 g/mol. The van der Waals surface area contributed by atoms with Crippen molar-refractivity contribution in [3.05, 3.63) is 70.7 Å². The van der Waals surface area contributed by atoms with Crippen molar-refractivity contribution in [1.29, 1.82) is 0 Å². The van der Waals surface area contributed by atoms with E-state index in [1.807, 2.05) is 17.5 Å². The number of aromatic nitrogens is 1. The number of rotatable bonds is 15. The van der Waals surface area contributed by atoms with Gasteiger partial charge in [0.05, 0.1) is 20.8 Å². The minimum absolute atomic E-state index is 0.0209. The van der Waals surface area contributed by atoms with Crippen LogP contribution < -0.4 is 19.9 Å². The molecule has 0 spiro atoms. The van der Waals surface area contributed by atoms with Crippen molar-refractivity contribution in [1.82, 2.24) is 4.98 Å². The van der Waals surface area contributed by atoms with Gasteiger partial charge in [-0.15, -0.1) is 11.3 Å². The number of unbranched alkanes of at least 4 members (excludes halogenated alkanes) is 1. The van der Waals surface area contributed by atoms with Crippen LogP contribution in [-0.2, 0) is 0 Å². The molecule has 2 aromatic carbocycles. The number of nitrogens with zero attached hydrogens (tertiary/aromatic N) is 1. The van der Waals surface area contributed by atoms with E-state index < -0.39 is 5.92 Å². The van der Waals surface area contributed by atoms with Gasteiger partial charge in [-0.05, 0) is 62.2 Å². The largest absolute Gasteiger partial charge is 0.494 e. The molecule has 3 N–H and O–H groups in total. The summed E-state index contributed by atoms with van der Waals surface area (Å²) >= 11 is 1.63. The molecular weight excluding hydrogens is 540 g/mol. The number of aliphatic hydroxyl groups is 1. The standard InChI is InChI=1S/C32H36N2O6S/c1-20-7-6-9-23-24(19-41-32(20)23)30-28(38-2)13-11-25(34-30)31(37)22(8-4-5-14-33)17-26(36)21-10-12-27(40-16-15-35)29(18-21)39-3/h6-7,9-13,18-19,22,35H,4-5,8,14-17,33H2,1-3H3/t22-/m0/s1. The average Bonchev–Trinajstić information content (AvgIpc) is 3.44. The molecule has 0 saturated carbocycles. The lowest BCUT2D eigenvalue weighted by molar-refractivity contribution is 0.0840. The fraction of sp³-hybridized carbons (Fsp3) is 0.344. The second-order valence-electron chi connectivity index (χ2n) is 9.76. The number of hydrogen-bond donors (Lipinski definition) is 2. The molecule has 0 radical (unpaired) electrons. The van der Waals surface area contributed by atoms with Gasteiger partial charge in [0.15, 0.2) is 23.1 Å². The van der Waals surface area contributed by atoms with Gasteiger partial charge in [-0.2, -0.15) is 0 Å². The number of nitrogens with two attached hydrogens (primary N) is 1. The Hall–Kier alpha value is -3.79. The number of ether oxygens (including phenoxy) is 3. The van der Waals surface area contributed by atoms with Crippen LogP contribution in [0.3, 0.4) is 0 Å². The molecule has 0 aliphatic rings. The first-order chi connectivity index (χ1) is 19.9. The number of pyridine rings is 1. The van der Waals surface area contributed by atoms with Gasteiger partial charge >= 0.3 is 0 Å². The number of fused-ring (bicyclic) bond motifs is 1. The summed E-state index contributed by atoms with van der Waals surface area (Å²) in [6.07, 6.45) is 2.01. The van der Waals surface area contributed by atoms with Crippen molar-refractivity contribution < 1.29 is 28.9 Å². The molecule has 1 atom stereocenters. The normalized spacial score (nSPS) is 11.8. The van der Waals surface area contributed by atoms with Crippen LogP contribution in [0.2, 0.25) is 0 Å². The van der Waals surface area contributed by atoms with Gasteiger partial charge in [-0.3, -0.25) is 9.59 Å². The van der Waals surface area contributed by atoms with Gasteiger partial charge in [0.1, 0.15) is 23.7 Å². The van der Waals surface area contributed by atoms with Gasteiger partial charge < -0.3 is 25.1 Å². The second kappa shape index (κ2) is 14.2. The van der Waals surface area contributed by atoms with E-state index in [0.717, 1.165) is 28.5 Å². The van der Waals surface area contributed by atoms with E-state index in [-0.39, 0.29) is 31.2 Å². The third-order valence-electron chi connectivity index (χ3n) is 7.03. The predicted molar refractivity (Wildman–Crippen MR) is 162 cm³/mol. The SMILES string of the molecule is COc1cc(C(=O)C[C@H](CCCCN)C(=O)c2ccc(OC)c(-c3csc4c(C)cccc34)n2)ccc1OCCO. The monoisotopic (exact) mass is 576 g/mol. The van der Waals surface area contributed by atoms with Crippen molar-refractivity contribution in [3.63, 3.8) is 0 Å². The first-order valence-corrected chi connectivity index (χ1v) is 14.5. The summed E-state index contributed by atoms with van der Waals surface area (Å²) in [6, 6.07) is 14.4. The molecule has 0 unspecified atom stereocenters. The number of aryl methyl sites for hydroxylation is 1. The highest BCUT2D eigenvalue weighted by atomic mass is 32.1. The molecule has 0 bridgehead atoms. The molecule has 0 fully saturated rings.